The first kappa shape index (κ1) is 12.0. The van der Waals surface area contributed by atoms with Crippen LogP contribution in [-0.4, -0.2) is 5.91 Å². The summed E-state index contributed by atoms with van der Waals surface area (Å²) in [7, 11) is 0. The lowest BCUT2D eigenvalue weighted by Crippen LogP contribution is -2.25. The summed E-state index contributed by atoms with van der Waals surface area (Å²) in [4.78, 5) is 12.1. The van der Waals surface area contributed by atoms with Gasteiger partial charge in [-0.15, -0.1) is 0 Å². The molecule has 17 heavy (non-hydrogen) atoms. The zero-order valence-electron chi connectivity index (χ0n) is 10.3. The van der Waals surface area contributed by atoms with Gasteiger partial charge in [-0.3, -0.25) is 4.79 Å². The van der Waals surface area contributed by atoms with Crippen LogP contribution in [0.3, 0.4) is 0 Å². The van der Waals surface area contributed by atoms with Crippen LogP contribution in [-0.2, 0) is 4.79 Å². The van der Waals surface area contributed by atoms with E-state index in [0.717, 1.165) is 29.8 Å². The predicted octanol–water partition coefficient (Wildman–Crippen LogP) is 3.10. The molecule has 1 aromatic rings. The monoisotopic (exact) mass is 232 g/mol. The summed E-state index contributed by atoms with van der Waals surface area (Å²) < 4.78 is 0. The van der Waals surface area contributed by atoms with E-state index in [1.54, 1.807) is 0 Å². The number of carbonyl (C=O) groups excluding carboxylic acids is 1. The molecule has 3 nitrogen and oxygen atoms in total. The van der Waals surface area contributed by atoms with Gasteiger partial charge in [-0.2, -0.15) is 0 Å². The topological polar surface area (TPSA) is 55.1 Å². The van der Waals surface area contributed by atoms with E-state index in [1.807, 2.05) is 25.1 Å². The molecule has 1 fully saturated rings. The summed E-state index contributed by atoms with van der Waals surface area (Å²) in [6, 6.07) is 5.59. The molecule has 0 bridgehead atoms. The maximum Gasteiger partial charge on any atom is 0.227 e. The highest BCUT2D eigenvalue weighted by atomic mass is 16.1. The van der Waals surface area contributed by atoms with Gasteiger partial charge in [-0.05, 0) is 43.5 Å². The third-order valence-corrected chi connectivity index (χ3v) is 3.48. The van der Waals surface area contributed by atoms with Gasteiger partial charge in [0.25, 0.3) is 0 Å². The maximum absolute atomic E-state index is 12.1. The average molecular weight is 232 g/mol. The number of hydrogen-bond acceptors (Lipinski definition) is 2. The lowest BCUT2D eigenvalue weighted by Gasteiger charge is -2.21. The van der Waals surface area contributed by atoms with Crippen molar-refractivity contribution in [3.8, 4) is 0 Å². The molecule has 3 heteroatoms. The molecule has 0 saturated heterocycles. The maximum atomic E-state index is 12.1. The number of nitrogens with two attached hydrogens (primary N) is 1. The first-order valence-electron chi connectivity index (χ1n) is 6.34. The van der Waals surface area contributed by atoms with E-state index in [2.05, 4.69) is 5.32 Å². The number of amides is 1. The zero-order valence-corrected chi connectivity index (χ0v) is 10.3. The molecule has 1 amide bonds. The van der Waals surface area contributed by atoms with Crippen LogP contribution in [0.2, 0.25) is 0 Å². The van der Waals surface area contributed by atoms with Crippen LogP contribution in [0.4, 0.5) is 11.4 Å². The molecule has 0 atom stereocenters. The Bertz CT molecular complexity index is 409. The Morgan fingerprint density at radius 2 is 2.00 bits per heavy atom. The molecule has 0 radical (unpaired) electrons. The number of rotatable bonds is 2. The van der Waals surface area contributed by atoms with Crippen molar-refractivity contribution >= 4 is 17.3 Å². The van der Waals surface area contributed by atoms with Gasteiger partial charge in [-0.1, -0.05) is 19.3 Å². The second-order valence-corrected chi connectivity index (χ2v) is 4.90. The lowest BCUT2D eigenvalue weighted by atomic mass is 9.88. The van der Waals surface area contributed by atoms with E-state index in [4.69, 9.17) is 5.73 Å². The Kier molecular flexibility index (Phi) is 3.67. The Hall–Kier alpha value is -1.51. The summed E-state index contributed by atoms with van der Waals surface area (Å²) in [5.41, 5.74) is 8.33. The average Bonchev–Trinajstić information content (AvgIpc) is 2.34. The highest BCUT2D eigenvalue weighted by Crippen LogP contribution is 2.26. The van der Waals surface area contributed by atoms with Crippen molar-refractivity contribution in [1.29, 1.82) is 0 Å². The van der Waals surface area contributed by atoms with Crippen molar-refractivity contribution in [3.63, 3.8) is 0 Å². The Morgan fingerprint density at radius 3 is 2.65 bits per heavy atom. The van der Waals surface area contributed by atoms with Crippen LogP contribution in [0.15, 0.2) is 18.2 Å². The third kappa shape index (κ3) is 2.99. The van der Waals surface area contributed by atoms with Crippen LogP contribution in [0.1, 0.15) is 37.7 Å². The van der Waals surface area contributed by atoms with Gasteiger partial charge in [0.15, 0.2) is 0 Å². The summed E-state index contributed by atoms with van der Waals surface area (Å²) in [6.45, 7) is 1.97. The van der Waals surface area contributed by atoms with E-state index in [0.29, 0.717) is 0 Å². The first-order chi connectivity index (χ1) is 8.16. The molecule has 0 aliphatic heterocycles. The zero-order chi connectivity index (χ0) is 12.3. The van der Waals surface area contributed by atoms with E-state index in [1.165, 1.54) is 19.3 Å². The van der Waals surface area contributed by atoms with E-state index in [-0.39, 0.29) is 11.8 Å². The van der Waals surface area contributed by atoms with Crippen molar-refractivity contribution in [3.05, 3.63) is 23.8 Å². The van der Waals surface area contributed by atoms with E-state index in [9.17, 15) is 4.79 Å². The fourth-order valence-electron chi connectivity index (χ4n) is 2.43. The van der Waals surface area contributed by atoms with Crippen molar-refractivity contribution in [2.45, 2.75) is 39.0 Å². The Balaban J connectivity index is 2.02. The summed E-state index contributed by atoms with van der Waals surface area (Å²) in [5.74, 6) is 0.360. The van der Waals surface area contributed by atoms with Crippen LogP contribution in [0, 0.1) is 12.8 Å². The number of carbonyl (C=O) groups is 1. The predicted molar refractivity (Wildman–Crippen MR) is 70.8 cm³/mol. The largest absolute Gasteiger partial charge is 0.399 e. The van der Waals surface area contributed by atoms with Crippen LogP contribution >= 0.6 is 0 Å². The molecule has 1 aromatic carbocycles. The van der Waals surface area contributed by atoms with Gasteiger partial charge in [0, 0.05) is 17.3 Å². The smallest absolute Gasteiger partial charge is 0.227 e. The van der Waals surface area contributed by atoms with Crippen LogP contribution in [0.5, 0.6) is 0 Å². The highest BCUT2D eigenvalue weighted by molar-refractivity contribution is 5.93. The van der Waals surface area contributed by atoms with Gasteiger partial charge in [0.2, 0.25) is 5.91 Å². The molecule has 0 spiro atoms. The molecule has 0 unspecified atom stereocenters. The summed E-state index contributed by atoms with van der Waals surface area (Å²) >= 11 is 0. The van der Waals surface area contributed by atoms with Gasteiger partial charge >= 0.3 is 0 Å². The van der Waals surface area contributed by atoms with E-state index >= 15 is 0 Å². The molecule has 3 N–H and O–H groups in total. The van der Waals surface area contributed by atoms with Gasteiger partial charge in [-0.25, -0.2) is 0 Å². The van der Waals surface area contributed by atoms with Gasteiger partial charge < -0.3 is 11.1 Å². The fraction of sp³-hybridized carbons (Fsp3) is 0.500. The van der Waals surface area contributed by atoms with Crippen molar-refractivity contribution in [2.24, 2.45) is 5.92 Å². The molecule has 2 rings (SSSR count). The minimum Gasteiger partial charge on any atom is -0.399 e. The minimum atomic E-state index is 0.164. The molecule has 0 heterocycles. The number of nitrogen functional groups attached to an aromatic ring is 1. The second kappa shape index (κ2) is 5.21. The molecule has 0 aromatic heterocycles. The second-order valence-electron chi connectivity index (χ2n) is 4.90. The Morgan fingerprint density at radius 1 is 1.29 bits per heavy atom. The standard InChI is InChI=1S/C14H20N2O/c1-10-9-12(15)7-8-13(10)16-14(17)11-5-3-2-4-6-11/h7-9,11H,2-6,15H2,1H3,(H,16,17). The van der Waals surface area contributed by atoms with Gasteiger partial charge in [0.05, 0.1) is 0 Å². The highest BCUT2D eigenvalue weighted by Gasteiger charge is 2.21. The molecular formula is C14H20N2O. The SMILES string of the molecule is Cc1cc(N)ccc1NC(=O)C1CCCCC1. The third-order valence-electron chi connectivity index (χ3n) is 3.48. The fourth-order valence-corrected chi connectivity index (χ4v) is 2.43. The van der Waals surface area contributed by atoms with Crippen LogP contribution in [0.25, 0.3) is 0 Å². The van der Waals surface area contributed by atoms with Gasteiger partial charge in [0.1, 0.15) is 0 Å². The lowest BCUT2D eigenvalue weighted by molar-refractivity contribution is -0.120. The van der Waals surface area contributed by atoms with Crippen molar-refractivity contribution in [2.75, 3.05) is 11.1 Å². The molecule has 1 aliphatic carbocycles. The number of anilines is 2. The van der Waals surface area contributed by atoms with Crippen molar-refractivity contribution < 1.29 is 4.79 Å². The molecule has 1 aliphatic rings. The number of aryl methyl sites for hydroxylation is 1. The van der Waals surface area contributed by atoms with E-state index < -0.39 is 0 Å². The van der Waals surface area contributed by atoms with Crippen molar-refractivity contribution in [1.82, 2.24) is 0 Å². The number of hydrogen-bond donors (Lipinski definition) is 2. The minimum absolute atomic E-state index is 0.164. The summed E-state index contributed by atoms with van der Waals surface area (Å²) in [5, 5.41) is 3.01. The first-order valence-corrected chi connectivity index (χ1v) is 6.34. The quantitative estimate of drug-likeness (QED) is 0.770. The Labute approximate surface area is 102 Å². The molecular weight excluding hydrogens is 212 g/mol. The number of nitrogens with one attached hydrogen (secondary N) is 1. The molecule has 1 saturated carbocycles. The van der Waals surface area contributed by atoms with Crippen LogP contribution < -0.4 is 11.1 Å². The summed E-state index contributed by atoms with van der Waals surface area (Å²) in [6.07, 6.45) is 5.68. The molecule has 92 valence electrons. The number of benzene rings is 1. The normalized spacial score (nSPS) is 16.8.